The van der Waals surface area contributed by atoms with Gasteiger partial charge < -0.3 is 14.8 Å². The van der Waals surface area contributed by atoms with Gasteiger partial charge in [0.2, 0.25) is 0 Å². The summed E-state index contributed by atoms with van der Waals surface area (Å²) < 4.78 is 41.6. The first-order chi connectivity index (χ1) is 12.0. The molecule has 2 aromatic heterocycles. The summed E-state index contributed by atoms with van der Waals surface area (Å²) in [4.78, 5) is 0. The van der Waals surface area contributed by atoms with Gasteiger partial charge in [-0.25, -0.2) is 0 Å². The Morgan fingerprint density at radius 3 is 2.32 bits per heavy atom. The molecule has 4 rings (SSSR count). The molecule has 2 N–H and O–H groups in total. The molecule has 0 spiro atoms. The van der Waals surface area contributed by atoms with Gasteiger partial charge in [0.05, 0.1) is 22.3 Å². The van der Waals surface area contributed by atoms with Crippen LogP contribution in [0.5, 0.6) is 5.75 Å². The van der Waals surface area contributed by atoms with E-state index in [2.05, 4.69) is 5.32 Å². The van der Waals surface area contributed by atoms with Gasteiger partial charge in [0.15, 0.2) is 5.75 Å². The monoisotopic (exact) mass is 342 g/mol. The van der Waals surface area contributed by atoms with Crippen molar-refractivity contribution in [2.24, 2.45) is 0 Å². The maximum Gasteiger partial charge on any atom is 0.418 e. The molecule has 0 aliphatic carbocycles. The third kappa shape index (κ3) is 2.46. The second kappa shape index (κ2) is 5.44. The molecule has 4 aromatic rings. The molecule has 0 fully saturated rings. The van der Waals surface area contributed by atoms with Crippen molar-refractivity contribution in [2.45, 2.75) is 6.18 Å². The van der Waals surface area contributed by atoms with Crippen LogP contribution in [0.1, 0.15) is 5.56 Å². The SMILES string of the molecule is Oc1c(Nc2ccccc2C(F)(F)F)c2cccn2c2ccccc12. The van der Waals surface area contributed by atoms with Gasteiger partial charge in [0, 0.05) is 11.6 Å². The molecule has 2 aromatic carbocycles. The average Bonchev–Trinajstić information content (AvgIpc) is 3.08. The van der Waals surface area contributed by atoms with Crippen LogP contribution in [0.15, 0.2) is 66.9 Å². The highest BCUT2D eigenvalue weighted by Gasteiger charge is 2.33. The first-order valence-corrected chi connectivity index (χ1v) is 7.61. The second-order valence-corrected chi connectivity index (χ2v) is 5.67. The number of benzene rings is 2. The second-order valence-electron chi connectivity index (χ2n) is 5.67. The third-order valence-electron chi connectivity index (χ3n) is 4.15. The number of alkyl halides is 3. The maximum atomic E-state index is 13.3. The number of pyridine rings is 1. The van der Waals surface area contributed by atoms with Crippen LogP contribution in [0.25, 0.3) is 16.4 Å². The minimum absolute atomic E-state index is 0.0845. The van der Waals surface area contributed by atoms with Gasteiger partial charge in [-0.05, 0) is 36.4 Å². The Kier molecular flexibility index (Phi) is 3.35. The lowest BCUT2D eigenvalue weighted by atomic mass is 10.1. The van der Waals surface area contributed by atoms with E-state index in [1.165, 1.54) is 18.2 Å². The Hall–Kier alpha value is -3.15. The summed E-state index contributed by atoms with van der Waals surface area (Å²) in [6.45, 7) is 0. The van der Waals surface area contributed by atoms with Gasteiger partial charge in [-0.3, -0.25) is 0 Å². The highest BCUT2D eigenvalue weighted by molar-refractivity contribution is 5.99. The quantitative estimate of drug-likeness (QED) is 0.500. The van der Waals surface area contributed by atoms with Crippen LogP contribution in [0.4, 0.5) is 24.5 Å². The molecule has 3 nitrogen and oxygen atoms in total. The van der Waals surface area contributed by atoms with Crippen molar-refractivity contribution in [3.63, 3.8) is 0 Å². The van der Waals surface area contributed by atoms with Crippen LogP contribution in [0, 0.1) is 0 Å². The maximum absolute atomic E-state index is 13.3. The molecule has 0 saturated carbocycles. The number of anilines is 2. The summed E-state index contributed by atoms with van der Waals surface area (Å²) in [6, 6.07) is 15.9. The minimum Gasteiger partial charge on any atom is -0.505 e. The molecule has 2 heterocycles. The fourth-order valence-electron chi connectivity index (χ4n) is 3.03. The van der Waals surface area contributed by atoms with Crippen molar-refractivity contribution in [3.05, 3.63) is 72.4 Å². The van der Waals surface area contributed by atoms with Crippen LogP contribution in [0.2, 0.25) is 0 Å². The number of nitrogens with one attached hydrogen (secondary N) is 1. The molecular weight excluding hydrogens is 329 g/mol. The molecule has 6 heteroatoms. The number of hydrogen-bond acceptors (Lipinski definition) is 2. The highest BCUT2D eigenvalue weighted by Crippen LogP contribution is 2.41. The van der Waals surface area contributed by atoms with E-state index < -0.39 is 11.7 Å². The highest BCUT2D eigenvalue weighted by atomic mass is 19.4. The van der Waals surface area contributed by atoms with E-state index in [1.54, 1.807) is 30.5 Å². The number of aromatic nitrogens is 1. The zero-order chi connectivity index (χ0) is 17.6. The van der Waals surface area contributed by atoms with Gasteiger partial charge in [0.25, 0.3) is 0 Å². The lowest BCUT2D eigenvalue weighted by Crippen LogP contribution is -2.09. The lowest BCUT2D eigenvalue weighted by Gasteiger charge is -2.17. The number of halogens is 3. The Morgan fingerprint density at radius 2 is 1.52 bits per heavy atom. The smallest absolute Gasteiger partial charge is 0.418 e. The average molecular weight is 342 g/mol. The molecule has 25 heavy (non-hydrogen) atoms. The van der Waals surface area contributed by atoms with E-state index >= 15 is 0 Å². The zero-order valence-corrected chi connectivity index (χ0v) is 12.9. The lowest BCUT2D eigenvalue weighted by molar-refractivity contribution is -0.136. The molecule has 0 atom stereocenters. The van der Waals surface area contributed by atoms with Crippen molar-refractivity contribution < 1.29 is 18.3 Å². The normalized spacial score (nSPS) is 12.0. The first-order valence-electron chi connectivity index (χ1n) is 7.61. The van der Waals surface area contributed by atoms with Crippen molar-refractivity contribution in [1.82, 2.24) is 4.40 Å². The topological polar surface area (TPSA) is 36.7 Å². The first kappa shape index (κ1) is 15.4. The largest absolute Gasteiger partial charge is 0.505 e. The van der Waals surface area contributed by atoms with E-state index in [9.17, 15) is 18.3 Å². The van der Waals surface area contributed by atoms with Crippen molar-refractivity contribution in [3.8, 4) is 5.75 Å². The van der Waals surface area contributed by atoms with Crippen LogP contribution in [0.3, 0.4) is 0 Å². The number of hydrogen-bond donors (Lipinski definition) is 2. The molecule has 0 bridgehead atoms. The number of aromatic hydroxyl groups is 1. The van der Waals surface area contributed by atoms with Gasteiger partial charge in [-0.1, -0.05) is 24.3 Å². The molecule has 0 radical (unpaired) electrons. The standard InChI is InChI=1S/C19H13F3N2O/c20-19(21,22)13-7-2-3-8-14(13)23-17-16-10-5-11-24(16)15-9-4-1-6-12(15)18(17)25/h1-11,23,25H. The van der Waals surface area contributed by atoms with E-state index in [4.69, 9.17) is 0 Å². The van der Waals surface area contributed by atoms with Gasteiger partial charge in [0.1, 0.15) is 5.69 Å². The predicted octanol–water partition coefficient (Wildman–Crippen LogP) is 5.56. The van der Waals surface area contributed by atoms with Crippen LogP contribution < -0.4 is 5.32 Å². The van der Waals surface area contributed by atoms with Crippen molar-refractivity contribution in [2.75, 3.05) is 5.32 Å². The van der Waals surface area contributed by atoms with E-state index in [0.717, 1.165) is 11.6 Å². The number of fused-ring (bicyclic) bond motifs is 3. The summed E-state index contributed by atoms with van der Waals surface area (Å²) in [5.41, 5.74) is 0.708. The minimum atomic E-state index is -4.49. The molecule has 0 unspecified atom stereocenters. The summed E-state index contributed by atoms with van der Waals surface area (Å²) in [6.07, 6.45) is -2.69. The molecular formula is C19H13F3N2O. The molecule has 0 aliphatic rings. The third-order valence-corrected chi connectivity index (χ3v) is 4.15. The van der Waals surface area contributed by atoms with Gasteiger partial charge >= 0.3 is 6.18 Å². The van der Waals surface area contributed by atoms with Crippen LogP contribution in [-0.2, 0) is 6.18 Å². The van der Waals surface area contributed by atoms with E-state index in [1.807, 2.05) is 16.5 Å². The fraction of sp³-hybridized carbons (Fsp3) is 0.0526. The fourth-order valence-corrected chi connectivity index (χ4v) is 3.03. The number of nitrogens with zero attached hydrogens (tertiary/aromatic N) is 1. The van der Waals surface area contributed by atoms with Gasteiger partial charge in [-0.2, -0.15) is 13.2 Å². The van der Waals surface area contributed by atoms with Crippen LogP contribution >= 0.6 is 0 Å². The van der Waals surface area contributed by atoms with Gasteiger partial charge in [-0.15, -0.1) is 0 Å². The van der Waals surface area contributed by atoms with Crippen molar-refractivity contribution in [1.29, 1.82) is 0 Å². The molecule has 0 aliphatic heterocycles. The predicted molar refractivity (Wildman–Crippen MR) is 91.3 cm³/mol. The molecule has 126 valence electrons. The Morgan fingerprint density at radius 1 is 0.840 bits per heavy atom. The Labute approximate surface area is 140 Å². The number of para-hydroxylation sites is 2. The molecule has 0 saturated heterocycles. The van der Waals surface area contributed by atoms with Crippen LogP contribution in [-0.4, -0.2) is 9.51 Å². The summed E-state index contributed by atoms with van der Waals surface area (Å²) in [7, 11) is 0. The van der Waals surface area contributed by atoms with Crippen molar-refractivity contribution >= 4 is 27.8 Å². The van der Waals surface area contributed by atoms with E-state index in [0.29, 0.717) is 10.9 Å². The number of rotatable bonds is 2. The molecule has 0 amide bonds. The van der Waals surface area contributed by atoms with E-state index in [-0.39, 0.29) is 17.1 Å². The summed E-state index contributed by atoms with van der Waals surface area (Å²) in [5.74, 6) is -0.0845. The zero-order valence-electron chi connectivity index (χ0n) is 12.9. The summed E-state index contributed by atoms with van der Waals surface area (Å²) in [5, 5.41) is 14.0. The summed E-state index contributed by atoms with van der Waals surface area (Å²) >= 11 is 0. The Bertz CT molecular complexity index is 1080. The Balaban J connectivity index is 1.96.